The molecule has 1 amide bonds. The van der Waals surface area contributed by atoms with Crippen molar-refractivity contribution in [3.63, 3.8) is 0 Å². The number of aromatic nitrogens is 3. The number of carbonyl (C=O) groups excluding carboxylic acids is 1. The Bertz CT molecular complexity index is 1090. The molecule has 156 valence electrons. The predicted octanol–water partition coefficient (Wildman–Crippen LogP) is 1.91. The van der Waals surface area contributed by atoms with Crippen molar-refractivity contribution in [3.05, 3.63) is 63.7 Å². The van der Waals surface area contributed by atoms with Crippen LogP contribution in [-0.4, -0.2) is 58.5 Å². The van der Waals surface area contributed by atoms with Gasteiger partial charge in [0.05, 0.1) is 17.6 Å². The third-order valence-corrected chi connectivity index (χ3v) is 5.18. The average molecular weight is 430 g/mol. The van der Waals surface area contributed by atoms with E-state index in [0.717, 1.165) is 0 Å². The molecule has 1 aliphatic heterocycles. The van der Waals surface area contributed by atoms with Crippen LogP contribution in [0.4, 0.5) is 5.69 Å². The van der Waals surface area contributed by atoms with Crippen LogP contribution < -0.4 is 15.2 Å². The lowest BCUT2D eigenvalue weighted by molar-refractivity contribution is -0.133. The molecule has 3 heterocycles. The number of nitrogens with zero attached hydrogens (tertiary/aromatic N) is 5. The van der Waals surface area contributed by atoms with Gasteiger partial charge in [-0.15, -0.1) is 0 Å². The number of aryl methyl sites for hydroxylation is 1. The smallest absolute Gasteiger partial charge is 0.292 e. The van der Waals surface area contributed by atoms with Crippen molar-refractivity contribution in [2.24, 2.45) is 0 Å². The summed E-state index contributed by atoms with van der Waals surface area (Å²) in [6.07, 6.45) is 1.59. The summed E-state index contributed by atoms with van der Waals surface area (Å²) in [5, 5.41) is 8.08. The van der Waals surface area contributed by atoms with Crippen LogP contribution in [0.25, 0.3) is 5.69 Å². The van der Waals surface area contributed by atoms with Crippen molar-refractivity contribution in [2.45, 2.75) is 6.92 Å². The minimum atomic E-state index is -0.379. The number of carbonyl (C=O) groups is 1. The standard InChI is InChI=1S/C20H20ClN5O4/c1-14-11-17(23-30-14)29-13-18(27)25-9-7-24(8-10-25)16-12-22-26(20(28)19(16)21)15-5-3-2-4-6-15/h2-6,11-12H,7-10,13H2,1H3. The molecule has 0 atom stereocenters. The van der Waals surface area contributed by atoms with Crippen molar-refractivity contribution in [1.82, 2.24) is 19.8 Å². The lowest BCUT2D eigenvalue weighted by Gasteiger charge is -2.36. The molecule has 0 aliphatic carbocycles. The van der Waals surface area contributed by atoms with Crippen LogP contribution >= 0.6 is 11.6 Å². The fourth-order valence-corrected chi connectivity index (χ4v) is 3.48. The van der Waals surface area contributed by atoms with E-state index in [1.54, 1.807) is 36.2 Å². The Kier molecular flexibility index (Phi) is 5.71. The van der Waals surface area contributed by atoms with Crippen molar-refractivity contribution in [3.8, 4) is 11.6 Å². The molecule has 0 unspecified atom stereocenters. The number of benzene rings is 1. The first-order chi connectivity index (χ1) is 14.5. The number of ether oxygens (including phenoxy) is 1. The molecule has 1 aromatic carbocycles. The molecule has 30 heavy (non-hydrogen) atoms. The highest BCUT2D eigenvalue weighted by atomic mass is 35.5. The van der Waals surface area contributed by atoms with Crippen LogP contribution in [0.3, 0.4) is 0 Å². The maximum Gasteiger partial charge on any atom is 0.292 e. The molecule has 2 aromatic heterocycles. The number of amides is 1. The lowest BCUT2D eigenvalue weighted by Crippen LogP contribution is -2.50. The Labute approximate surface area is 177 Å². The molecule has 1 fully saturated rings. The summed E-state index contributed by atoms with van der Waals surface area (Å²) in [6, 6.07) is 10.7. The summed E-state index contributed by atoms with van der Waals surface area (Å²) in [6.45, 7) is 3.67. The summed E-state index contributed by atoms with van der Waals surface area (Å²) in [7, 11) is 0. The Morgan fingerprint density at radius 3 is 2.60 bits per heavy atom. The SMILES string of the molecule is Cc1cc(OCC(=O)N2CCN(c3cnn(-c4ccccc4)c(=O)c3Cl)CC2)no1. The Morgan fingerprint density at radius 2 is 1.93 bits per heavy atom. The summed E-state index contributed by atoms with van der Waals surface area (Å²) in [4.78, 5) is 28.7. The zero-order chi connectivity index (χ0) is 21.1. The predicted molar refractivity (Wildman–Crippen MR) is 110 cm³/mol. The molecule has 10 heteroatoms. The minimum absolute atomic E-state index is 0.110. The van der Waals surface area contributed by atoms with E-state index in [1.165, 1.54) is 4.68 Å². The van der Waals surface area contributed by atoms with E-state index in [0.29, 0.717) is 43.3 Å². The Balaban J connectivity index is 1.38. The van der Waals surface area contributed by atoms with Gasteiger partial charge in [0.2, 0.25) is 0 Å². The summed E-state index contributed by atoms with van der Waals surface area (Å²) >= 11 is 6.37. The van der Waals surface area contributed by atoms with E-state index >= 15 is 0 Å². The number of anilines is 1. The van der Waals surface area contributed by atoms with Gasteiger partial charge in [-0.2, -0.15) is 9.78 Å². The number of para-hydroxylation sites is 1. The maximum absolute atomic E-state index is 12.7. The number of hydrogen-bond donors (Lipinski definition) is 0. The van der Waals surface area contributed by atoms with E-state index < -0.39 is 0 Å². The molecule has 0 spiro atoms. The normalized spacial score (nSPS) is 14.1. The molecule has 4 rings (SSSR count). The van der Waals surface area contributed by atoms with Crippen molar-refractivity contribution in [1.29, 1.82) is 0 Å². The number of hydrogen-bond acceptors (Lipinski definition) is 7. The Morgan fingerprint density at radius 1 is 1.20 bits per heavy atom. The summed E-state index contributed by atoms with van der Waals surface area (Å²) < 4.78 is 11.5. The van der Waals surface area contributed by atoms with Gasteiger partial charge in [-0.25, -0.2) is 0 Å². The van der Waals surface area contributed by atoms with Gasteiger partial charge < -0.3 is 19.1 Å². The van der Waals surface area contributed by atoms with Crippen molar-refractivity contribution in [2.75, 3.05) is 37.7 Å². The average Bonchev–Trinajstić information content (AvgIpc) is 3.20. The van der Waals surface area contributed by atoms with Gasteiger partial charge in [0.15, 0.2) is 6.61 Å². The fraction of sp³-hybridized carbons (Fsp3) is 0.300. The molecule has 3 aromatic rings. The number of halogens is 1. The first kappa shape index (κ1) is 20.0. The van der Waals surface area contributed by atoms with Crippen molar-refractivity contribution < 1.29 is 14.1 Å². The summed E-state index contributed by atoms with van der Waals surface area (Å²) in [5.74, 6) is 0.765. The summed E-state index contributed by atoms with van der Waals surface area (Å²) in [5.41, 5.74) is 0.833. The van der Waals surface area contributed by atoms with E-state index in [-0.39, 0.29) is 29.0 Å². The highest BCUT2D eigenvalue weighted by Gasteiger charge is 2.24. The van der Waals surface area contributed by atoms with E-state index in [1.807, 2.05) is 23.1 Å². The first-order valence-electron chi connectivity index (χ1n) is 9.45. The van der Waals surface area contributed by atoms with Crippen LogP contribution in [-0.2, 0) is 4.79 Å². The molecule has 1 saturated heterocycles. The second kappa shape index (κ2) is 8.58. The number of piperazine rings is 1. The van der Waals surface area contributed by atoms with Gasteiger partial charge in [0.25, 0.3) is 17.3 Å². The van der Waals surface area contributed by atoms with Crippen LogP contribution in [0.1, 0.15) is 5.76 Å². The van der Waals surface area contributed by atoms with Gasteiger partial charge in [-0.3, -0.25) is 9.59 Å². The van der Waals surface area contributed by atoms with Gasteiger partial charge in [-0.1, -0.05) is 29.8 Å². The van der Waals surface area contributed by atoms with Crippen LogP contribution in [0.5, 0.6) is 5.88 Å². The lowest BCUT2D eigenvalue weighted by atomic mass is 10.2. The quantitative estimate of drug-likeness (QED) is 0.611. The third kappa shape index (κ3) is 4.16. The monoisotopic (exact) mass is 429 g/mol. The van der Waals surface area contributed by atoms with Gasteiger partial charge >= 0.3 is 0 Å². The fourth-order valence-electron chi connectivity index (χ4n) is 3.23. The molecule has 0 bridgehead atoms. The topological polar surface area (TPSA) is 93.7 Å². The molecular weight excluding hydrogens is 410 g/mol. The van der Waals surface area contributed by atoms with Gasteiger partial charge in [0, 0.05) is 32.2 Å². The molecule has 9 nitrogen and oxygen atoms in total. The van der Waals surface area contributed by atoms with E-state index in [9.17, 15) is 9.59 Å². The van der Waals surface area contributed by atoms with Crippen LogP contribution in [0.2, 0.25) is 5.02 Å². The molecule has 0 N–H and O–H groups in total. The highest BCUT2D eigenvalue weighted by Crippen LogP contribution is 2.23. The van der Waals surface area contributed by atoms with Gasteiger partial charge in [-0.05, 0) is 24.2 Å². The van der Waals surface area contributed by atoms with Crippen molar-refractivity contribution >= 4 is 23.2 Å². The molecule has 1 aliphatic rings. The highest BCUT2D eigenvalue weighted by molar-refractivity contribution is 6.33. The number of rotatable bonds is 5. The third-order valence-electron chi connectivity index (χ3n) is 4.82. The zero-order valence-electron chi connectivity index (χ0n) is 16.3. The van der Waals surface area contributed by atoms with E-state index in [2.05, 4.69) is 10.3 Å². The molecule has 0 saturated carbocycles. The largest absolute Gasteiger partial charge is 0.465 e. The second-order valence-electron chi connectivity index (χ2n) is 6.83. The first-order valence-corrected chi connectivity index (χ1v) is 9.83. The van der Waals surface area contributed by atoms with Gasteiger partial charge in [0.1, 0.15) is 10.8 Å². The molecular formula is C20H20ClN5O4. The second-order valence-corrected chi connectivity index (χ2v) is 7.21. The maximum atomic E-state index is 12.7. The molecule has 0 radical (unpaired) electrons. The Hall–Kier alpha value is -3.33. The van der Waals surface area contributed by atoms with Crippen LogP contribution in [0.15, 0.2) is 51.9 Å². The van der Waals surface area contributed by atoms with E-state index in [4.69, 9.17) is 20.9 Å². The zero-order valence-corrected chi connectivity index (χ0v) is 17.1. The minimum Gasteiger partial charge on any atom is -0.465 e. The van der Waals surface area contributed by atoms with Crippen LogP contribution in [0, 0.1) is 6.92 Å².